The van der Waals surface area contributed by atoms with Crippen LogP contribution >= 0.6 is 0 Å². The lowest BCUT2D eigenvalue weighted by molar-refractivity contribution is -0.00967. The van der Waals surface area contributed by atoms with Gasteiger partial charge < -0.3 is 9.47 Å². The van der Waals surface area contributed by atoms with Gasteiger partial charge in [-0.05, 0) is 17.7 Å². The second kappa shape index (κ2) is 6.19. The van der Waals surface area contributed by atoms with E-state index in [4.69, 9.17) is 9.29 Å². The number of alkyl halides is 2. The Hall–Kier alpha value is -2.00. The van der Waals surface area contributed by atoms with Gasteiger partial charge in [0.05, 0.1) is 7.11 Å². The van der Waals surface area contributed by atoms with Gasteiger partial charge in [0.1, 0.15) is 11.3 Å². The first-order chi connectivity index (χ1) is 9.62. The van der Waals surface area contributed by atoms with Crippen molar-refractivity contribution in [2.24, 2.45) is 0 Å². The van der Waals surface area contributed by atoms with E-state index >= 15 is 0 Å². The Morgan fingerprint density at radius 3 is 2.57 bits per heavy atom. The van der Waals surface area contributed by atoms with Crippen molar-refractivity contribution in [2.45, 2.75) is 5.25 Å². The molecule has 116 valence electrons. The van der Waals surface area contributed by atoms with Gasteiger partial charge >= 0.3 is 21.3 Å². The molecule has 1 rings (SSSR count). The second-order valence-corrected chi connectivity index (χ2v) is 5.40. The van der Waals surface area contributed by atoms with Crippen LogP contribution < -0.4 is 4.74 Å². The minimum absolute atomic E-state index is 0.0487. The van der Waals surface area contributed by atoms with Gasteiger partial charge in [-0.15, -0.1) is 0 Å². The molecule has 0 heterocycles. The maximum Gasteiger partial charge on any atom is 0.402 e. The number of rotatable bonds is 6. The van der Waals surface area contributed by atoms with E-state index < -0.39 is 27.9 Å². The summed E-state index contributed by atoms with van der Waals surface area (Å²) in [5.74, 6) is -1.17. The van der Waals surface area contributed by atoms with Crippen LogP contribution in [0.1, 0.15) is 15.9 Å². The van der Waals surface area contributed by atoms with E-state index in [1.54, 1.807) is 0 Å². The van der Waals surface area contributed by atoms with Crippen LogP contribution in [-0.2, 0) is 14.9 Å². The molecule has 6 nitrogen and oxygen atoms in total. The highest BCUT2D eigenvalue weighted by Gasteiger charge is 2.45. The molecule has 0 saturated carbocycles. The molecule has 0 radical (unpaired) electrons. The molecule has 0 aliphatic carbocycles. The number of carbonyl (C=O) groups is 1. The van der Waals surface area contributed by atoms with E-state index in [0.717, 1.165) is 0 Å². The number of ether oxygens (including phenoxy) is 2. The monoisotopic (exact) mass is 322 g/mol. The Morgan fingerprint density at radius 2 is 2.10 bits per heavy atom. The molecule has 0 unspecified atom stereocenters. The highest BCUT2D eigenvalue weighted by molar-refractivity contribution is 7.86. The number of hydrogen-bond acceptors (Lipinski definition) is 5. The summed E-state index contributed by atoms with van der Waals surface area (Å²) < 4.78 is 64.1. The van der Waals surface area contributed by atoms with E-state index in [2.05, 4.69) is 11.3 Å². The zero-order chi connectivity index (χ0) is 16.3. The molecular formula is C12H12F2O6S. The molecule has 0 atom stereocenters. The summed E-state index contributed by atoms with van der Waals surface area (Å²) in [5.41, 5.74) is 0.445. The van der Waals surface area contributed by atoms with Crippen molar-refractivity contribution >= 4 is 22.2 Å². The molecule has 1 aromatic carbocycles. The first-order valence-electron chi connectivity index (χ1n) is 5.45. The van der Waals surface area contributed by atoms with E-state index in [1.165, 1.54) is 31.4 Å². The SMILES string of the molecule is C=Cc1ccc(C(=O)OCC(F)(F)S(=O)(=O)O)c(OC)c1. The van der Waals surface area contributed by atoms with Gasteiger partial charge in [-0.2, -0.15) is 17.2 Å². The molecule has 0 bridgehead atoms. The highest BCUT2D eigenvalue weighted by Crippen LogP contribution is 2.24. The van der Waals surface area contributed by atoms with Gasteiger partial charge in [0, 0.05) is 0 Å². The van der Waals surface area contributed by atoms with E-state index in [9.17, 15) is 22.0 Å². The maximum atomic E-state index is 12.9. The molecule has 21 heavy (non-hydrogen) atoms. The van der Waals surface area contributed by atoms with Crippen molar-refractivity contribution in [3.05, 3.63) is 35.9 Å². The van der Waals surface area contributed by atoms with Crippen molar-refractivity contribution in [3.8, 4) is 5.75 Å². The molecular weight excluding hydrogens is 310 g/mol. The number of esters is 1. The fourth-order valence-corrected chi connectivity index (χ4v) is 1.51. The number of methoxy groups -OCH3 is 1. The van der Waals surface area contributed by atoms with Gasteiger partial charge in [-0.25, -0.2) is 4.79 Å². The number of benzene rings is 1. The van der Waals surface area contributed by atoms with Crippen molar-refractivity contribution in [2.75, 3.05) is 13.7 Å². The molecule has 0 saturated heterocycles. The lowest BCUT2D eigenvalue weighted by Gasteiger charge is -2.14. The van der Waals surface area contributed by atoms with Gasteiger partial charge in [0.15, 0.2) is 6.61 Å². The first-order valence-corrected chi connectivity index (χ1v) is 6.89. The minimum Gasteiger partial charge on any atom is -0.496 e. The summed E-state index contributed by atoms with van der Waals surface area (Å²) in [6.07, 6.45) is 1.48. The van der Waals surface area contributed by atoms with Gasteiger partial charge in [-0.1, -0.05) is 18.7 Å². The predicted octanol–water partition coefficient (Wildman–Crippen LogP) is 1.98. The Bertz CT molecular complexity index is 654. The van der Waals surface area contributed by atoms with Crippen LogP contribution in [0.2, 0.25) is 0 Å². The molecule has 0 aromatic heterocycles. The third-order valence-corrected chi connectivity index (χ3v) is 3.30. The van der Waals surface area contributed by atoms with Crippen LogP contribution in [0, 0.1) is 0 Å². The fraction of sp³-hybridized carbons (Fsp3) is 0.250. The predicted molar refractivity (Wildman–Crippen MR) is 69.9 cm³/mol. The number of carbonyl (C=O) groups excluding carboxylic acids is 1. The minimum atomic E-state index is -5.66. The Labute approximate surface area is 119 Å². The third kappa shape index (κ3) is 3.99. The molecule has 0 amide bonds. The van der Waals surface area contributed by atoms with E-state index in [-0.39, 0.29) is 11.3 Å². The Kier molecular flexibility index (Phi) is 5.02. The summed E-state index contributed by atoms with van der Waals surface area (Å²) in [7, 11) is -4.41. The molecule has 0 aliphatic heterocycles. The zero-order valence-corrected chi connectivity index (χ0v) is 11.7. The molecule has 1 aromatic rings. The summed E-state index contributed by atoms with van der Waals surface area (Å²) in [6, 6.07) is 4.14. The second-order valence-electron chi connectivity index (χ2n) is 3.85. The van der Waals surface area contributed by atoms with Gasteiger partial charge in [0.2, 0.25) is 0 Å². The average molecular weight is 322 g/mol. The van der Waals surface area contributed by atoms with Gasteiger partial charge in [0.25, 0.3) is 0 Å². The summed E-state index contributed by atoms with van der Waals surface area (Å²) in [5, 5.41) is -4.59. The number of halogens is 2. The normalized spacial score (nSPS) is 11.8. The molecule has 1 N–H and O–H groups in total. The standard InChI is InChI=1S/C12H12F2O6S/c1-3-8-4-5-9(10(6-8)19-2)11(15)20-7-12(13,14)21(16,17)18/h3-6H,1,7H2,2H3,(H,16,17,18). The highest BCUT2D eigenvalue weighted by atomic mass is 32.2. The first kappa shape index (κ1) is 17.1. The van der Waals surface area contributed by atoms with Crippen LogP contribution in [0.15, 0.2) is 24.8 Å². The largest absolute Gasteiger partial charge is 0.496 e. The number of hydrogen-bond donors (Lipinski definition) is 1. The van der Waals surface area contributed by atoms with Crippen molar-refractivity contribution in [3.63, 3.8) is 0 Å². The van der Waals surface area contributed by atoms with E-state index in [1.807, 2.05) is 0 Å². The molecule has 9 heteroatoms. The smallest absolute Gasteiger partial charge is 0.402 e. The topological polar surface area (TPSA) is 89.9 Å². The lowest BCUT2D eigenvalue weighted by atomic mass is 10.1. The summed E-state index contributed by atoms with van der Waals surface area (Å²) in [4.78, 5) is 11.7. The van der Waals surface area contributed by atoms with Crippen molar-refractivity contribution < 1.29 is 36.0 Å². The van der Waals surface area contributed by atoms with Crippen LogP contribution in [0.25, 0.3) is 6.08 Å². The van der Waals surface area contributed by atoms with Crippen LogP contribution in [-0.4, -0.2) is 37.9 Å². The van der Waals surface area contributed by atoms with Crippen LogP contribution in [0.3, 0.4) is 0 Å². The Balaban J connectivity index is 2.93. The van der Waals surface area contributed by atoms with Gasteiger partial charge in [-0.3, -0.25) is 4.55 Å². The summed E-state index contributed by atoms with van der Waals surface area (Å²) in [6.45, 7) is 1.70. The molecule has 0 aliphatic rings. The molecule has 0 spiro atoms. The van der Waals surface area contributed by atoms with E-state index in [0.29, 0.717) is 5.56 Å². The van der Waals surface area contributed by atoms with Crippen molar-refractivity contribution in [1.29, 1.82) is 0 Å². The van der Waals surface area contributed by atoms with Crippen LogP contribution in [0.4, 0.5) is 8.78 Å². The lowest BCUT2D eigenvalue weighted by Crippen LogP contribution is -2.34. The molecule has 0 fully saturated rings. The van der Waals surface area contributed by atoms with Crippen molar-refractivity contribution in [1.82, 2.24) is 0 Å². The zero-order valence-electron chi connectivity index (χ0n) is 10.9. The Morgan fingerprint density at radius 1 is 1.48 bits per heavy atom. The fourth-order valence-electron chi connectivity index (χ4n) is 1.31. The maximum absolute atomic E-state index is 12.9. The quantitative estimate of drug-likeness (QED) is 0.636. The third-order valence-electron chi connectivity index (χ3n) is 2.43. The average Bonchev–Trinajstić information content (AvgIpc) is 2.42. The van der Waals surface area contributed by atoms with Crippen LogP contribution in [0.5, 0.6) is 5.75 Å². The summed E-state index contributed by atoms with van der Waals surface area (Å²) >= 11 is 0.